The fraction of sp³-hybridized carbons (Fsp3) is 0.188. The molecule has 2 aromatic heterocycles. The highest BCUT2D eigenvalue weighted by Crippen LogP contribution is 2.31. The fourth-order valence-corrected chi connectivity index (χ4v) is 3.00. The van der Waals surface area contributed by atoms with Crippen molar-refractivity contribution in [3.8, 4) is 0 Å². The summed E-state index contributed by atoms with van der Waals surface area (Å²) in [6, 6.07) is 12.6. The van der Waals surface area contributed by atoms with Crippen molar-refractivity contribution in [3.63, 3.8) is 0 Å². The molecular weight excluding hydrogens is 333 g/mol. The summed E-state index contributed by atoms with van der Waals surface area (Å²) in [6.07, 6.45) is 1.97. The molecule has 0 amide bonds. The number of aromatic nitrogens is 2. The second kappa shape index (κ2) is 5.85. The Labute approximate surface area is 131 Å². The Morgan fingerprint density at radius 2 is 1.95 bits per heavy atom. The van der Waals surface area contributed by atoms with Crippen molar-refractivity contribution in [1.82, 2.24) is 9.38 Å². The van der Waals surface area contributed by atoms with Crippen LogP contribution in [0.1, 0.15) is 12.6 Å². The van der Waals surface area contributed by atoms with Gasteiger partial charge in [0.15, 0.2) is 5.82 Å². The van der Waals surface area contributed by atoms with E-state index < -0.39 is 0 Å². The molecule has 5 heteroatoms. The van der Waals surface area contributed by atoms with Crippen LogP contribution in [0.4, 0.5) is 15.9 Å². The first-order valence-electron chi connectivity index (χ1n) is 6.80. The molecule has 0 N–H and O–H groups in total. The normalized spacial score (nSPS) is 11.0. The van der Waals surface area contributed by atoms with Crippen LogP contribution >= 0.6 is 15.9 Å². The van der Waals surface area contributed by atoms with Crippen molar-refractivity contribution in [2.45, 2.75) is 12.3 Å². The van der Waals surface area contributed by atoms with Crippen molar-refractivity contribution in [3.05, 3.63) is 60.2 Å². The third kappa shape index (κ3) is 2.42. The van der Waals surface area contributed by atoms with Gasteiger partial charge in [-0.1, -0.05) is 34.1 Å². The quantitative estimate of drug-likeness (QED) is 0.646. The molecule has 3 rings (SSSR count). The summed E-state index contributed by atoms with van der Waals surface area (Å²) < 4.78 is 16.1. The molecule has 0 aliphatic rings. The predicted octanol–water partition coefficient (Wildman–Crippen LogP) is 4.53. The van der Waals surface area contributed by atoms with Crippen molar-refractivity contribution < 1.29 is 4.39 Å². The van der Waals surface area contributed by atoms with E-state index in [0.717, 1.165) is 17.2 Å². The standard InChI is InChI=1S/C16H15BrFN3/c1-2-20(13-8-4-3-7-12(13)18)16-14(11-17)21-10-6-5-9-15(21)19-16/h3-10H,2,11H2,1H3. The van der Waals surface area contributed by atoms with Gasteiger partial charge in [-0.05, 0) is 31.2 Å². The summed E-state index contributed by atoms with van der Waals surface area (Å²) in [5.41, 5.74) is 2.41. The van der Waals surface area contributed by atoms with Crippen molar-refractivity contribution in [2.75, 3.05) is 11.4 Å². The highest BCUT2D eigenvalue weighted by molar-refractivity contribution is 9.08. The summed E-state index contributed by atoms with van der Waals surface area (Å²) >= 11 is 3.52. The van der Waals surface area contributed by atoms with Crippen molar-refractivity contribution >= 4 is 33.1 Å². The zero-order valence-corrected chi connectivity index (χ0v) is 13.2. The lowest BCUT2D eigenvalue weighted by Crippen LogP contribution is -2.19. The number of hydrogen-bond donors (Lipinski definition) is 0. The molecule has 0 radical (unpaired) electrons. The average molecular weight is 348 g/mol. The highest BCUT2D eigenvalue weighted by Gasteiger charge is 2.19. The largest absolute Gasteiger partial charge is 0.323 e. The number of benzene rings is 1. The van der Waals surface area contributed by atoms with Gasteiger partial charge in [0, 0.05) is 18.1 Å². The van der Waals surface area contributed by atoms with Gasteiger partial charge in [0.25, 0.3) is 0 Å². The molecule has 2 heterocycles. The summed E-state index contributed by atoms with van der Waals surface area (Å²) in [5.74, 6) is 0.544. The number of rotatable bonds is 4. The maximum atomic E-state index is 14.1. The minimum Gasteiger partial charge on any atom is -0.323 e. The number of imidazole rings is 1. The molecule has 0 bridgehead atoms. The van der Waals surface area contributed by atoms with Gasteiger partial charge in [-0.3, -0.25) is 0 Å². The number of hydrogen-bond acceptors (Lipinski definition) is 2. The molecule has 0 saturated heterocycles. The van der Waals surface area contributed by atoms with Gasteiger partial charge in [0.1, 0.15) is 11.5 Å². The Morgan fingerprint density at radius 1 is 1.19 bits per heavy atom. The lowest BCUT2D eigenvalue weighted by atomic mass is 10.2. The first-order chi connectivity index (χ1) is 10.3. The number of alkyl halides is 1. The van der Waals surface area contributed by atoms with E-state index in [1.54, 1.807) is 12.1 Å². The van der Waals surface area contributed by atoms with Gasteiger partial charge in [0.2, 0.25) is 0 Å². The lowest BCUT2D eigenvalue weighted by Gasteiger charge is -2.22. The minimum atomic E-state index is -0.239. The van der Waals surface area contributed by atoms with Crippen LogP contribution in [0.3, 0.4) is 0 Å². The average Bonchev–Trinajstić information content (AvgIpc) is 2.88. The maximum absolute atomic E-state index is 14.1. The first kappa shape index (κ1) is 14.1. The van der Waals surface area contributed by atoms with Crippen LogP contribution in [0.2, 0.25) is 0 Å². The molecule has 0 atom stereocenters. The minimum absolute atomic E-state index is 0.239. The van der Waals surface area contributed by atoms with Crippen LogP contribution in [-0.2, 0) is 5.33 Å². The summed E-state index contributed by atoms with van der Waals surface area (Å²) in [5, 5.41) is 0.651. The number of pyridine rings is 1. The smallest absolute Gasteiger partial charge is 0.156 e. The number of halogens is 2. The number of fused-ring (bicyclic) bond motifs is 1. The zero-order chi connectivity index (χ0) is 14.8. The second-order valence-electron chi connectivity index (χ2n) is 4.64. The van der Waals surface area contributed by atoms with E-state index in [4.69, 9.17) is 0 Å². The van der Waals surface area contributed by atoms with E-state index in [0.29, 0.717) is 17.6 Å². The van der Waals surface area contributed by atoms with Crippen molar-refractivity contribution in [2.24, 2.45) is 0 Å². The Hall–Kier alpha value is -1.88. The molecule has 1 aromatic carbocycles. The molecule has 0 aliphatic carbocycles. The van der Waals surface area contributed by atoms with Gasteiger partial charge in [-0.15, -0.1) is 0 Å². The lowest BCUT2D eigenvalue weighted by molar-refractivity contribution is 0.625. The Balaban J connectivity index is 2.20. The van der Waals surface area contributed by atoms with Crippen LogP contribution in [0.5, 0.6) is 0 Å². The van der Waals surface area contributed by atoms with Crippen LogP contribution in [-0.4, -0.2) is 15.9 Å². The van der Waals surface area contributed by atoms with E-state index in [1.165, 1.54) is 6.07 Å². The van der Waals surface area contributed by atoms with Gasteiger partial charge >= 0.3 is 0 Å². The number of anilines is 2. The van der Waals surface area contributed by atoms with Gasteiger partial charge in [0.05, 0.1) is 11.4 Å². The highest BCUT2D eigenvalue weighted by atomic mass is 79.9. The molecule has 3 nitrogen and oxygen atoms in total. The van der Waals surface area contributed by atoms with Gasteiger partial charge in [-0.2, -0.15) is 0 Å². The van der Waals surface area contributed by atoms with Crippen LogP contribution < -0.4 is 4.90 Å². The summed E-state index contributed by atoms with van der Waals surface area (Å²) in [6.45, 7) is 2.64. The Bertz CT molecular complexity index is 769. The van der Waals surface area contributed by atoms with Gasteiger partial charge < -0.3 is 9.30 Å². The molecule has 21 heavy (non-hydrogen) atoms. The molecule has 0 saturated carbocycles. The van der Waals surface area contributed by atoms with Crippen LogP contribution in [0.25, 0.3) is 5.65 Å². The van der Waals surface area contributed by atoms with Crippen molar-refractivity contribution in [1.29, 1.82) is 0 Å². The van der Waals surface area contributed by atoms with E-state index in [9.17, 15) is 4.39 Å². The molecule has 3 aromatic rings. The second-order valence-corrected chi connectivity index (χ2v) is 5.20. The first-order valence-corrected chi connectivity index (χ1v) is 7.92. The van der Waals surface area contributed by atoms with E-state index in [1.807, 2.05) is 46.7 Å². The third-order valence-corrected chi connectivity index (χ3v) is 3.98. The summed E-state index contributed by atoms with van der Waals surface area (Å²) in [7, 11) is 0. The summed E-state index contributed by atoms with van der Waals surface area (Å²) in [4.78, 5) is 6.57. The molecule has 0 fully saturated rings. The van der Waals surface area contributed by atoms with Crippen LogP contribution in [0.15, 0.2) is 48.7 Å². The zero-order valence-electron chi connectivity index (χ0n) is 11.6. The molecule has 0 unspecified atom stereocenters. The topological polar surface area (TPSA) is 20.5 Å². The monoisotopic (exact) mass is 347 g/mol. The molecule has 108 valence electrons. The number of para-hydroxylation sites is 1. The SMILES string of the molecule is CCN(c1ccccc1F)c1nc2ccccn2c1CBr. The molecule has 0 spiro atoms. The third-order valence-electron chi connectivity index (χ3n) is 3.45. The number of nitrogens with zero attached hydrogens (tertiary/aromatic N) is 3. The Morgan fingerprint density at radius 3 is 2.67 bits per heavy atom. The van der Waals surface area contributed by atoms with E-state index in [2.05, 4.69) is 20.9 Å². The fourth-order valence-electron chi connectivity index (χ4n) is 2.48. The van der Waals surface area contributed by atoms with E-state index in [-0.39, 0.29) is 5.82 Å². The maximum Gasteiger partial charge on any atom is 0.156 e. The Kier molecular flexibility index (Phi) is 3.92. The molecule has 0 aliphatic heterocycles. The van der Waals surface area contributed by atoms with E-state index >= 15 is 0 Å². The predicted molar refractivity (Wildman–Crippen MR) is 86.9 cm³/mol. The van der Waals surface area contributed by atoms with Gasteiger partial charge in [-0.25, -0.2) is 9.37 Å². The molecular formula is C16H15BrFN3. The van der Waals surface area contributed by atoms with Crippen LogP contribution in [0, 0.1) is 5.82 Å².